The van der Waals surface area contributed by atoms with Crippen molar-refractivity contribution in [3.05, 3.63) is 106 Å². The molecular formula is C30H30N2O8. The lowest BCUT2D eigenvalue weighted by atomic mass is 9.63. The van der Waals surface area contributed by atoms with Crippen molar-refractivity contribution >= 4 is 11.9 Å². The highest BCUT2D eigenvalue weighted by Gasteiger charge is 2.82. The summed E-state index contributed by atoms with van der Waals surface area (Å²) in [5, 5.41) is 16.8. The van der Waals surface area contributed by atoms with Crippen molar-refractivity contribution in [2.24, 2.45) is 0 Å². The maximum Gasteiger partial charge on any atom is 0.339 e. The number of benzene rings is 3. The summed E-state index contributed by atoms with van der Waals surface area (Å²) in [6, 6.07) is 21.0. The van der Waals surface area contributed by atoms with Gasteiger partial charge in [-0.2, -0.15) is 0 Å². The fourth-order valence-electron chi connectivity index (χ4n) is 6.12. The van der Waals surface area contributed by atoms with Crippen LogP contribution in [0.25, 0.3) is 0 Å². The number of carbonyl (C=O) groups excluding carboxylic acids is 2. The van der Waals surface area contributed by atoms with Crippen LogP contribution in [0.4, 0.5) is 0 Å². The van der Waals surface area contributed by atoms with Crippen LogP contribution in [-0.2, 0) is 19.1 Å². The molecule has 4 atom stereocenters. The molecule has 2 aliphatic rings. The molecule has 0 amide bonds. The van der Waals surface area contributed by atoms with Gasteiger partial charge in [0.05, 0.1) is 20.3 Å². The molecule has 0 spiro atoms. The molecule has 3 aromatic carbocycles. The third kappa shape index (κ3) is 3.90. The molecule has 2 heterocycles. The van der Waals surface area contributed by atoms with Crippen LogP contribution in [0.3, 0.4) is 0 Å². The van der Waals surface area contributed by atoms with Crippen LogP contribution in [0.5, 0.6) is 11.5 Å². The van der Waals surface area contributed by atoms with Crippen LogP contribution >= 0.6 is 0 Å². The normalized spacial score (nSPS) is 24.1. The summed E-state index contributed by atoms with van der Waals surface area (Å²) in [5.74, 6) is -2.39. The van der Waals surface area contributed by atoms with Crippen LogP contribution in [0.2, 0.25) is 0 Å². The lowest BCUT2D eigenvalue weighted by Gasteiger charge is -2.43. The molecule has 0 aliphatic carbocycles. The second kappa shape index (κ2) is 10.6. The summed E-state index contributed by atoms with van der Waals surface area (Å²) in [4.78, 5) is 41.1. The molecule has 2 aliphatic heterocycles. The molecule has 1 saturated heterocycles. The summed E-state index contributed by atoms with van der Waals surface area (Å²) in [5.41, 5.74) is -3.03. The Bertz CT molecular complexity index is 1390. The third-order valence-electron chi connectivity index (χ3n) is 7.69. The number of nitro groups is 1. The van der Waals surface area contributed by atoms with E-state index in [9.17, 15) is 19.7 Å². The lowest BCUT2D eigenvalue weighted by molar-refractivity contribution is -0.591. The van der Waals surface area contributed by atoms with Gasteiger partial charge in [0.1, 0.15) is 23.5 Å². The molecule has 0 unspecified atom stereocenters. The predicted molar refractivity (Wildman–Crippen MR) is 144 cm³/mol. The molecule has 0 saturated carbocycles. The summed E-state index contributed by atoms with van der Waals surface area (Å²) >= 11 is 0. The minimum atomic E-state index is -2.25. The van der Waals surface area contributed by atoms with Crippen LogP contribution in [0.15, 0.2) is 78.9 Å². The van der Waals surface area contributed by atoms with E-state index in [0.717, 1.165) is 0 Å². The molecule has 3 aromatic rings. The minimum absolute atomic E-state index is 0.0457. The standard InChI is InChI=1S/C30H30N2O8/c1-4-38-27(33)29(28(34)39-5-2)24-22-13-9-10-14-23(22)40-26(20-15-17-21(37-3)18-16-20)30(24,32(35)36)25(31-29)19-11-7-6-8-12-19/h6-18,24-26,31H,4-5H2,1-3H3/t24-,25+,26-,30+/m0/s1. The first-order valence-corrected chi connectivity index (χ1v) is 13.1. The maximum atomic E-state index is 14.0. The van der Waals surface area contributed by atoms with E-state index in [1.54, 1.807) is 92.7 Å². The van der Waals surface area contributed by atoms with Crippen LogP contribution in [0.1, 0.15) is 48.6 Å². The molecule has 10 heteroatoms. The van der Waals surface area contributed by atoms with Gasteiger partial charge in [-0.1, -0.05) is 60.7 Å². The fraction of sp³-hybridized carbons (Fsp3) is 0.333. The Morgan fingerprint density at radius 2 is 1.50 bits per heavy atom. The first-order valence-electron chi connectivity index (χ1n) is 13.1. The number of hydrogen-bond acceptors (Lipinski definition) is 9. The molecule has 0 aromatic heterocycles. The quantitative estimate of drug-likeness (QED) is 0.192. The summed E-state index contributed by atoms with van der Waals surface area (Å²) in [6.07, 6.45) is -1.23. The molecule has 1 fully saturated rings. The molecule has 0 bridgehead atoms. The Hall–Kier alpha value is -4.44. The summed E-state index contributed by atoms with van der Waals surface area (Å²) < 4.78 is 22.7. The zero-order valence-corrected chi connectivity index (χ0v) is 22.4. The van der Waals surface area contributed by atoms with Gasteiger partial charge in [-0.05, 0) is 37.6 Å². The van der Waals surface area contributed by atoms with E-state index in [-0.39, 0.29) is 13.2 Å². The number of esters is 2. The topological polar surface area (TPSA) is 126 Å². The van der Waals surface area contributed by atoms with Gasteiger partial charge in [-0.15, -0.1) is 0 Å². The highest BCUT2D eigenvalue weighted by atomic mass is 16.6. The number of fused-ring (bicyclic) bond motifs is 3. The third-order valence-corrected chi connectivity index (χ3v) is 7.69. The number of carbonyl (C=O) groups is 2. The van der Waals surface area contributed by atoms with Crippen LogP contribution in [0, 0.1) is 10.1 Å². The van der Waals surface area contributed by atoms with Crippen molar-refractivity contribution in [3.8, 4) is 11.5 Å². The average molecular weight is 547 g/mol. The van der Waals surface area contributed by atoms with Gasteiger partial charge in [-0.3, -0.25) is 15.4 Å². The first-order chi connectivity index (χ1) is 19.4. The monoisotopic (exact) mass is 546 g/mol. The molecule has 208 valence electrons. The highest BCUT2D eigenvalue weighted by molar-refractivity contribution is 6.07. The average Bonchev–Trinajstić information content (AvgIpc) is 3.32. The van der Waals surface area contributed by atoms with Gasteiger partial charge >= 0.3 is 11.9 Å². The Morgan fingerprint density at radius 3 is 2.08 bits per heavy atom. The van der Waals surface area contributed by atoms with Crippen molar-refractivity contribution in [2.75, 3.05) is 20.3 Å². The first kappa shape index (κ1) is 27.1. The number of methoxy groups -OCH3 is 1. The van der Waals surface area contributed by atoms with Gasteiger partial charge in [0.15, 0.2) is 6.10 Å². The smallest absolute Gasteiger partial charge is 0.339 e. The largest absolute Gasteiger partial charge is 0.497 e. The Balaban J connectivity index is 1.89. The van der Waals surface area contributed by atoms with E-state index in [4.69, 9.17) is 18.9 Å². The van der Waals surface area contributed by atoms with E-state index >= 15 is 0 Å². The van der Waals surface area contributed by atoms with Crippen molar-refractivity contribution in [1.29, 1.82) is 0 Å². The fourth-order valence-corrected chi connectivity index (χ4v) is 6.12. The van der Waals surface area contributed by atoms with Gasteiger partial charge in [0, 0.05) is 16.1 Å². The van der Waals surface area contributed by atoms with Gasteiger partial charge in [0.2, 0.25) is 5.54 Å². The zero-order valence-electron chi connectivity index (χ0n) is 22.4. The Kier molecular flexibility index (Phi) is 7.20. The predicted octanol–water partition coefficient (Wildman–Crippen LogP) is 4.14. The van der Waals surface area contributed by atoms with E-state index < -0.39 is 46.0 Å². The van der Waals surface area contributed by atoms with Crippen LogP contribution < -0.4 is 14.8 Å². The van der Waals surface area contributed by atoms with Crippen molar-refractivity contribution in [3.63, 3.8) is 0 Å². The molecule has 10 nitrogen and oxygen atoms in total. The number of para-hydroxylation sites is 1. The maximum absolute atomic E-state index is 14.0. The van der Waals surface area contributed by atoms with E-state index in [1.165, 1.54) is 7.11 Å². The zero-order chi connectivity index (χ0) is 28.5. The summed E-state index contributed by atoms with van der Waals surface area (Å²) in [7, 11) is 1.52. The summed E-state index contributed by atoms with van der Waals surface area (Å²) in [6.45, 7) is 3.13. The van der Waals surface area contributed by atoms with E-state index in [2.05, 4.69) is 5.32 Å². The number of ether oxygens (including phenoxy) is 4. The van der Waals surface area contributed by atoms with Crippen LogP contribution in [-0.4, -0.2) is 48.3 Å². The SMILES string of the molecule is CCOC(=O)C1(C(=O)OCC)N[C@H](c2ccccc2)[C@@]2([N+](=O)[O-])[C@H](c3ccc(OC)cc3)Oc3ccccc3[C@@H]12. The van der Waals surface area contributed by atoms with Crippen molar-refractivity contribution in [2.45, 2.75) is 43.0 Å². The Morgan fingerprint density at radius 1 is 0.900 bits per heavy atom. The van der Waals surface area contributed by atoms with Gasteiger partial charge < -0.3 is 18.9 Å². The highest BCUT2D eigenvalue weighted by Crippen LogP contribution is 2.63. The van der Waals surface area contributed by atoms with E-state index in [0.29, 0.717) is 28.2 Å². The van der Waals surface area contributed by atoms with Gasteiger partial charge in [-0.25, -0.2) is 9.59 Å². The minimum Gasteiger partial charge on any atom is -0.497 e. The number of nitrogens with zero attached hydrogens (tertiary/aromatic N) is 1. The number of rotatable bonds is 8. The molecule has 1 N–H and O–H groups in total. The van der Waals surface area contributed by atoms with E-state index in [1.807, 2.05) is 0 Å². The molecule has 0 radical (unpaired) electrons. The molecule has 5 rings (SSSR count). The second-order valence-corrected chi connectivity index (χ2v) is 9.62. The molecule has 40 heavy (non-hydrogen) atoms. The van der Waals surface area contributed by atoms with Gasteiger partial charge in [0.25, 0.3) is 5.54 Å². The second-order valence-electron chi connectivity index (χ2n) is 9.62. The van der Waals surface area contributed by atoms with Crippen molar-refractivity contribution < 1.29 is 33.5 Å². The molecular weight excluding hydrogens is 516 g/mol. The van der Waals surface area contributed by atoms with Crippen molar-refractivity contribution in [1.82, 2.24) is 5.32 Å². The Labute approximate surface area is 231 Å². The number of hydrogen-bond donors (Lipinski definition) is 1. The number of nitrogens with one attached hydrogen (secondary N) is 1. The lowest BCUT2D eigenvalue weighted by Crippen LogP contribution is -2.62.